The molecule has 2 heterocycles. The standard InChI is InChI=1S/C28H28N2O7S/c1-5-35-27(34)24-17(4)29-28-30(25(24)19-8-12-21(13-9-19)37-16(2)3)26(33)22(38-28)14-18-6-10-20(11-7-18)36-15-23(31)32/h6-14,16,25H,5,15H2,1-4H3,(H,31,32)/b22-14-/t25-/m0/s1. The van der Waals surface area contributed by atoms with Gasteiger partial charge in [-0.15, -0.1) is 0 Å². The van der Waals surface area contributed by atoms with Crippen LogP contribution in [0.4, 0.5) is 0 Å². The molecule has 1 aliphatic rings. The maximum absolute atomic E-state index is 13.7. The predicted octanol–water partition coefficient (Wildman–Crippen LogP) is 3.05. The number of carboxylic acids is 1. The fraction of sp³-hybridized carbons (Fsp3) is 0.286. The summed E-state index contributed by atoms with van der Waals surface area (Å²) in [7, 11) is 0. The number of thiazole rings is 1. The van der Waals surface area contributed by atoms with E-state index >= 15 is 0 Å². The van der Waals surface area contributed by atoms with Gasteiger partial charge in [0.05, 0.1) is 34.6 Å². The van der Waals surface area contributed by atoms with E-state index in [1.807, 2.05) is 38.1 Å². The lowest BCUT2D eigenvalue weighted by Gasteiger charge is -2.25. The number of aliphatic carboxylic acids is 1. The highest BCUT2D eigenvalue weighted by Gasteiger charge is 2.33. The molecule has 3 aromatic rings. The lowest BCUT2D eigenvalue weighted by atomic mass is 9.96. The molecule has 0 saturated carbocycles. The Morgan fingerprint density at radius 2 is 1.76 bits per heavy atom. The van der Waals surface area contributed by atoms with Gasteiger partial charge in [-0.25, -0.2) is 14.6 Å². The van der Waals surface area contributed by atoms with Gasteiger partial charge in [0.25, 0.3) is 5.56 Å². The Bertz CT molecular complexity index is 1550. The fourth-order valence-corrected chi connectivity index (χ4v) is 5.11. The van der Waals surface area contributed by atoms with Gasteiger partial charge >= 0.3 is 11.9 Å². The first-order chi connectivity index (χ1) is 18.2. The SMILES string of the molecule is CCOC(=O)C1=C(C)N=c2s/c(=C\c3ccc(OCC(=O)O)cc3)c(=O)n2[C@H]1c1ccc(OC(C)C)cc1. The normalized spacial score (nSPS) is 15.2. The molecule has 0 bridgehead atoms. The summed E-state index contributed by atoms with van der Waals surface area (Å²) in [6, 6.07) is 13.3. The van der Waals surface area contributed by atoms with Gasteiger partial charge < -0.3 is 19.3 Å². The Hall–Kier alpha value is -4.18. The third kappa shape index (κ3) is 5.86. The molecule has 0 spiro atoms. The van der Waals surface area contributed by atoms with Crippen LogP contribution >= 0.6 is 11.3 Å². The summed E-state index contributed by atoms with van der Waals surface area (Å²) in [6.07, 6.45) is 1.73. The maximum Gasteiger partial charge on any atom is 0.341 e. The number of rotatable bonds is 9. The van der Waals surface area contributed by atoms with Crippen LogP contribution in [0.25, 0.3) is 6.08 Å². The molecular weight excluding hydrogens is 508 g/mol. The topological polar surface area (TPSA) is 116 Å². The van der Waals surface area contributed by atoms with Crippen LogP contribution in [0.3, 0.4) is 0 Å². The first-order valence-electron chi connectivity index (χ1n) is 12.1. The molecule has 0 radical (unpaired) electrons. The van der Waals surface area contributed by atoms with E-state index < -0.39 is 24.6 Å². The van der Waals surface area contributed by atoms with Crippen LogP contribution in [0.15, 0.2) is 69.6 Å². The average molecular weight is 537 g/mol. The van der Waals surface area contributed by atoms with Crippen molar-refractivity contribution in [2.24, 2.45) is 4.99 Å². The van der Waals surface area contributed by atoms with Crippen molar-refractivity contribution in [3.63, 3.8) is 0 Å². The summed E-state index contributed by atoms with van der Waals surface area (Å²) in [5, 5.41) is 8.77. The van der Waals surface area contributed by atoms with Crippen molar-refractivity contribution < 1.29 is 28.9 Å². The first-order valence-corrected chi connectivity index (χ1v) is 12.9. The van der Waals surface area contributed by atoms with Gasteiger partial charge in [-0.05, 0) is 69.2 Å². The van der Waals surface area contributed by atoms with E-state index in [1.54, 1.807) is 44.2 Å². The number of hydrogen-bond acceptors (Lipinski definition) is 8. The van der Waals surface area contributed by atoms with Crippen LogP contribution in [0.1, 0.15) is 44.9 Å². The molecule has 0 fully saturated rings. The first kappa shape index (κ1) is 26.9. The van der Waals surface area contributed by atoms with Crippen LogP contribution in [-0.4, -0.2) is 40.9 Å². The predicted molar refractivity (Wildman–Crippen MR) is 142 cm³/mol. The highest BCUT2D eigenvalue weighted by molar-refractivity contribution is 7.07. The number of carboxylic acid groups (broad SMARTS) is 1. The number of benzene rings is 2. The molecule has 4 rings (SSSR count). The molecule has 1 atom stereocenters. The molecule has 38 heavy (non-hydrogen) atoms. The number of fused-ring (bicyclic) bond motifs is 1. The van der Waals surface area contributed by atoms with Crippen LogP contribution in [-0.2, 0) is 14.3 Å². The maximum atomic E-state index is 13.7. The number of ether oxygens (including phenoxy) is 3. The molecule has 0 amide bonds. The Balaban J connectivity index is 1.79. The van der Waals surface area contributed by atoms with Gasteiger partial charge in [-0.2, -0.15) is 0 Å². The second kappa shape index (κ2) is 11.5. The molecule has 198 valence electrons. The zero-order valence-corrected chi connectivity index (χ0v) is 22.3. The summed E-state index contributed by atoms with van der Waals surface area (Å²) in [6.45, 7) is 7.10. The largest absolute Gasteiger partial charge is 0.491 e. The van der Waals surface area contributed by atoms with Crippen molar-refractivity contribution in [2.45, 2.75) is 39.8 Å². The highest BCUT2D eigenvalue weighted by atomic mass is 32.1. The summed E-state index contributed by atoms with van der Waals surface area (Å²) in [4.78, 5) is 42.5. The van der Waals surface area contributed by atoms with Crippen LogP contribution in [0.5, 0.6) is 11.5 Å². The number of hydrogen-bond donors (Lipinski definition) is 1. The Morgan fingerprint density at radius 3 is 2.37 bits per heavy atom. The van der Waals surface area contributed by atoms with E-state index in [9.17, 15) is 14.4 Å². The molecule has 10 heteroatoms. The summed E-state index contributed by atoms with van der Waals surface area (Å²) in [5.41, 5.74) is 1.96. The lowest BCUT2D eigenvalue weighted by Crippen LogP contribution is -2.39. The van der Waals surface area contributed by atoms with Crippen LogP contribution < -0.4 is 24.4 Å². The Morgan fingerprint density at radius 1 is 1.11 bits per heavy atom. The van der Waals surface area contributed by atoms with Gasteiger partial charge in [0, 0.05) is 0 Å². The minimum absolute atomic E-state index is 0.00792. The zero-order chi connectivity index (χ0) is 27.4. The monoisotopic (exact) mass is 536 g/mol. The van der Waals surface area contributed by atoms with Crippen LogP contribution in [0, 0.1) is 0 Å². The van der Waals surface area contributed by atoms with E-state index in [-0.39, 0.29) is 18.3 Å². The van der Waals surface area contributed by atoms with E-state index in [4.69, 9.17) is 19.3 Å². The number of esters is 1. The van der Waals surface area contributed by atoms with Gasteiger partial charge in [0.15, 0.2) is 11.4 Å². The van der Waals surface area contributed by atoms with Gasteiger partial charge in [0.1, 0.15) is 11.5 Å². The number of allylic oxidation sites excluding steroid dienone is 1. The molecule has 9 nitrogen and oxygen atoms in total. The van der Waals surface area contributed by atoms with Crippen molar-refractivity contribution in [3.8, 4) is 11.5 Å². The van der Waals surface area contributed by atoms with Crippen molar-refractivity contribution in [2.75, 3.05) is 13.2 Å². The highest BCUT2D eigenvalue weighted by Crippen LogP contribution is 2.31. The van der Waals surface area contributed by atoms with E-state index in [1.165, 1.54) is 15.9 Å². The average Bonchev–Trinajstić information content (AvgIpc) is 3.17. The molecule has 1 N–H and O–H groups in total. The van der Waals surface area contributed by atoms with Gasteiger partial charge in [-0.3, -0.25) is 9.36 Å². The van der Waals surface area contributed by atoms with Crippen LogP contribution in [0.2, 0.25) is 0 Å². The fourth-order valence-electron chi connectivity index (χ4n) is 4.06. The molecule has 0 saturated heterocycles. The molecule has 1 aliphatic heterocycles. The number of nitrogens with zero attached hydrogens (tertiary/aromatic N) is 2. The molecule has 0 unspecified atom stereocenters. The van der Waals surface area contributed by atoms with Crippen molar-refractivity contribution in [1.29, 1.82) is 0 Å². The second-order valence-corrected chi connectivity index (χ2v) is 9.80. The van der Waals surface area contributed by atoms with Gasteiger partial charge in [0.2, 0.25) is 0 Å². The quantitative estimate of drug-likeness (QED) is 0.418. The molecule has 1 aromatic heterocycles. The van der Waals surface area contributed by atoms with Crippen molar-refractivity contribution in [3.05, 3.63) is 90.6 Å². The molecule has 2 aromatic carbocycles. The van der Waals surface area contributed by atoms with E-state index in [0.717, 1.165) is 11.1 Å². The summed E-state index contributed by atoms with van der Waals surface area (Å²) in [5.74, 6) is -0.493. The van der Waals surface area contributed by atoms with Crippen molar-refractivity contribution >= 4 is 29.4 Å². The number of carbonyl (C=O) groups excluding carboxylic acids is 1. The minimum atomic E-state index is -1.07. The van der Waals surface area contributed by atoms with Gasteiger partial charge in [-0.1, -0.05) is 35.6 Å². The Labute approximate surface area is 222 Å². The third-order valence-corrected chi connectivity index (χ3v) is 6.61. The van der Waals surface area contributed by atoms with E-state index in [0.29, 0.717) is 32.1 Å². The third-order valence-electron chi connectivity index (χ3n) is 5.62. The number of aromatic nitrogens is 1. The van der Waals surface area contributed by atoms with Crippen molar-refractivity contribution in [1.82, 2.24) is 4.57 Å². The smallest absolute Gasteiger partial charge is 0.341 e. The lowest BCUT2D eigenvalue weighted by molar-refractivity contribution is -0.140. The Kier molecular flexibility index (Phi) is 8.11. The molecular formula is C28H28N2O7S. The zero-order valence-electron chi connectivity index (χ0n) is 21.5. The van der Waals surface area contributed by atoms with E-state index in [2.05, 4.69) is 4.99 Å². The summed E-state index contributed by atoms with van der Waals surface area (Å²) >= 11 is 1.22. The summed E-state index contributed by atoms with van der Waals surface area (Å²) < 4.78 is 18.2. The molecule has 0 aliphatic carbocycles. The number of carbonyl (C=O) groups is 2. The second-order valence-electron chi connectivity index (χ2n) is 8.79. The minimum Gasteiger partial charge on any atom is -0.491 e.